The van der Waals surface area contributed by atoms with E-state index >= 15 is 0 Å². The summed E-state index contributed by atoms with van der Waals surface area (Å²) in [6, 6.07) is 12.3. The maximum absolute atomic E-state index is 13.4. The van der Waals surface area contributed by atoms with E-state index in [-0.39, 0.29) is 18.5 Å². The molecule has 0 radical (unpaired) electrons. The van der Waals surface area contributed by atoms with Gasteiger partial charge in [-0.1, -0.05) is 24.3 Å². The number of rotatable bonds is 7. The number of aryl methyl sites for hydroxylation is 3. The third-order valence-electron chi connectivity index (χ3n) is 5.99. The molecule has 2 aromatic carbocycles. The van der Waals surface area contributed by atoms with Gasteiger partial charge in [-0.15, -0.1) is 0 Å². The first kappa shape index (κ1) is 24.2. The summed E-state index contributed by atoms with van der Waals surface area (Å²) in [5, 5.41) is 19.5. The number of aliphatic hydroxyl groups excluding tert-OH is 1. The molecule has 182 valence electrons. The second kappa shape index (κ2) is 10.1. The minimum atomic E-state index is -0.715. The van der Waals surface area contributed by atoms with Gasteiger partial charge in [0.25, 0.3) is 5.91 Å². The summed E-state index contributed by atoms with van der Waals surface area (Å²) in [6.45, 7) is 4.57. The molecular weight excluding hydrogens is 449 g/mol. The number of carbonyl (C=O) groups excluding carboxylic acids is 2. The van der Waals surface area contributed by atoms with Gasteiger partial charge >= 0.3 is 6.03 Å². The number of anilines is 1. The van der Waals surface area contributed by atoms with Crippen molar-refractivity contribution >= 4 is 17.6 Å². The Balaban J connectivity index is 1.61. The summed E-state index contributed by atoms with van der Waals surface area (Å²) < 4.78 is 15.3. The number of carbonyl (C=O) groups is 2. The van der Waals surface area contributed by atoms with Crippen molar-refractivity contribution in [3.63, 3.8) is 0 Å². The van der Waals surface area contributed by atoms with Crippen LogP contribution >= 0.6 is 0 Å². The summed E-state index contributed by atoms with van der Waals surface area (Å²) in [5.41, 5.74) is 5.00. The molecule has 0 bridgehead atoms. The van der Waals surface area contributed by atoms with E-state index in [1.54, 1.807) is 19.2 Å². The third kappa shape index (κ3) is 5.25. The number of aromatic nitrogens is 2. The van der Waals surface area contributed by atoms with Crippen molar-refractivity contribution < 1.29 is 19.1 Å². The summed E-state index contributed by atoms with van der Waals surface area (Å²) in [6.07, 6.45) is 2.11. The van der Waals surface area contributed by atoms with Crippen LogP contribution in [0.25, 0.3) is 11.3 Å². The van der Waals surface area contributed by atoms with Crippen LogP contribution in [-0.2, 0) is 11.3 Å². The normalized spacial score (nSPS) is 15.6. The molecule has 4 rings (SSSR count). The summed E-state index contributed by atoms with van der Waals surface area (Å²) in [7, 11) is 1.56. The van der Waals surface area contributed by atoms with Crippen molar-refractivity contribution in [1.29, 1.82) is 0 Å². The number of benzene rings is 2. The monoisotopic (exact) mass is 477 g/mol. The van der Waals surface area contributed by atoms with E-state index in [4.69, 9.17) is 5.11 Å². The quantitative estimate of drug-likeness (QED) is 0.481. The fourth-order valence-corrected chi connectivity index (χ4v) is 3.96. The molecule has 9 heteroatoms. The third-order valence-corrected chi connectivity index (χ3v) is 5.99. The highest BCUT2D eigenvalue weighted by molar-refractivity contribution is 6.06. The molecule has 0 saturated heterocycles. The van der Waals surface area contributed by atoms with Gasteiger partial charge in [-0.25, -0.2) is 9.18 Å². The highest BCUT2D eigenvalue weighted by Gasteiger charge is 2.30. The fourth-order valence-electron chi connectivity index (χ4n) is 3.96. The van der Waals surface area contributed by atoms with Crippen molar-refractivity contribution in [2.24, 2.45) is 0 Å². The number of aliphatic hydroxyl groups is 1. The van der Waals surface area contributed by atoms with Gasteiger partial charge in [0.05, 0.1) is 17.3 Å². The molecule has 2 heterocycles. The minimum absolute atomic E-state index is 0.0970. The van der Waals surface area contributed by atoms with Crippen molar-refractivity contribution in [1.82, 2.24) is 20.0 Å². The van der Waals surface area contributed by atoms with E-state index in [1.165, 1.54) is 23.2 Å². The molecule has 0 saturated carbocycles. The van der Waals surface area contributed by atoms with Gasteiger partial charge in [-0.05, 0) is 55.7 Å². The molecule has 8 nitrogen and oxygen atoms in total. The first-order valence-electron chi connectivity index (χ1n) is 11.3. The largest absolute Gasteiger partial charge is 0.396 e. The Hall–Kier alpha value is -3.98. The highest BCUT2D eigenvalue weighted by Crippen LogP contribution is 2.29. The predicted molar refractivity (Wildman–Crippen MR) is 131 cm³/mol. The number of halogens is 1. The van der Waals surface area contributed by atoms with Gasteiger partial charge in [-0.2, -0.15) is 5.10 Å². The van der Waals surface area contributed by atoms with Crippen LogP contribution in [-0.4, -0.2) is 45.4 Å². The van der Waals surface area contributed by atoms with Crippen molar-refractivity contribution in [3.05, 3.63) is 82.9 Å². The maximum atomic E-state index is 13.4. The van der Waals surface area contributed by atoms with Gasteiger partial charge in [0.2, 0.25) is 0 Å². The minimum Gasteiger partial charge on any atom is -0.396 e. The molecule has 0 spiro atoms. The van der Waals surface area contributed by atoms with Gasteiger partial charge < -0.3 is 20.6 Å². The van der Waals surface area contributed by atoms with E-state index in [0.717, 1.165) is 22.5 Å². The molecular formula is C26H28FN5O3. The van der Waals surface area contributed by atoms with Crippen LogP contribution in [0.3, 0.4) is 0 Å². The molecule has 35 heavy (non-hydrogen) atoms. The standard InChI is InChI=1S/C26H28FN5O3/c1-16-5-6-19(23-13-17(2)32(30-23)11-4-12-33)14-22(16)28-25(34)21-15-31(3)26(35)29-24(21)18-7-9-20(27)10-8-18/h5-10,13-15,24,33H,4,11-12H2,1-3H3,(H,28,34)(H,29,35)/t24-/m0/s1. The lowest BCUT2D eigenvalue weighted by Crippen LogP contribution is -2.44. The molecule has 1 aliphatic rings. The molecule has 3 N–H and O–H groups in total. The van der Waals surface area contributed by atoms with E-state index in [0.29, 0.717) is 29.8 Å². The Kier molecular flexibility index (Phi) is 6.97. The highest BCUT2D eigenvalue weighted by atomic mass is 19.1. The Morgan fingerprint density at radius 2 is 1.91 bits per heavy atom. The lowest BCUT2D eigenvalue weighted by Gasteiger charge is -2.30. The van der Waals surface area contributed by atoms with E-state index < -0.39 is 11.9 Å². The zero-order chi connectivity index (χ0) is 25.1. The molecule has 0 aliphatic carbocycles. The molecule has 1 aliphatic heterocycles. The van der Waals surface area contributed by atoms with Gasteiger partial charge in [0, 0.05) is 43.3 Å². The Bertz CT molecular complexity index is 1280. The van der Waals surface area contributed by atoms with Crippen LogP contribution in [0, 0.1) is 19.7 Å². The lowest BCUT2D eigenvalue weighted by molar-refractivity contribution is -0.113. The van der Waals surface area contributed by atoms with Gasteiger partial charge in [0.1, 0.15) is 5.82 Å². The molecule has 3 amide bonds. The van der Waals surface area contributed by atoms with E-state index in [2.05, 4.69) is 15.7 Å². The molecule has 1 aromatic heterocycles. The van der Waals surface area contributed by atoms with Crippen molar-refractivity contribution in [2.45, 2.75) is 32.9 Å². The molecule has 0 fully saturated rings. The smallest absolute Gasteiger partial charge is 0.321 e. The van der Waals surface area contributed by atoms with E-state index in [1.807, 2.05) is 42.8 Å². The van der Waals surface area contributed by atoms with Crippen LogP contribution in [0.2, 0.25) is 0 Å². The first-order chi connectivity index (χ1) is 16.8. The maximum Gasteiger partial charge on any atom is 0.321 e. The van der Waals surface area contributed by atoms with Crippen LogP contribution in [0.4, 0.5) is 14.9 Å². The lowest BCUT2D eigenvalue weighted by atomic mass is 9.97. The number of nitrogens with zero attached hydrogens (tertiary/aromatic N) is 3. The van der Waals surface area contributed by atoms with Gasteiger partial charge in [0.15, 0.2) is 0 Å². The average Bonchev–Trinajstić information content (AvgIpc) is 3.21. The summed E-state index contributed by atoms with van der Waals surface area (Å²) in [5.74, 6) is -0.777. The molecule has 3 aromatic rings. The number of urea groups is 1. The van der Waals surface area contributed by atoms with Crippen molar-refractivity contribution in [3.8, 4) is 11.3 Å². The van der Waals surface area contributed by atoms with Crippen LogP contribution in [0.15, 0.2) is 60.3 Å². The second-order valence-corrected chi connectivity index (χ2v) is 8.58. The molecule has 1 atom stereocenters. The topological polar surface area (TPSA) is 99.5 Å². The summed E-state index contributed by atoms with van der Waals surface area (Å²) in [4.78, 5) is 26.9. The summed E-state index contributed by atoms with van der Waals surface area (Å²) >= 11 is 0. The van der Waals surface area contributed by atoms with E-state index in [9.17, 15) is 14.0 Å². The molecule has 0 unspecified atom stereocenters. The number of hydrogen-bond acceptors (Lipinski definition) is 4. The zero-order valence-corrected chi connectivity index (χ0v) is 19.9. The number of nitrogens with one attached hydrogen (secondary N) is 2. The van der Waals surface area contributed by atoms with Crippen LogP contribution in [0.5, 0.6) is 0 Å². The number of hydrogen-bond donors (Lipinski definition) is 3. The Morgan fingerprint density at radius 3 is 2.63 bits per heavy atom. The Morgan fingerprint density at radius 1 is 1.17 bits per heavy atom. The van der Waals surface area contributed by atoms with Crippen LogP contribution < -0.4 is 10.6 Å². The second-order valence-electron chi connectivity index (χ2n) is 8.58. The average molecular weight is 478 g/mol. The zero-order valence-electron chi connectivity index (χ0n) is 19.9. The SMILES string of the molecule is Cc1ccc(-c2cc(C)n(CCCO)n2)cc1NC(=O)C1=CN(C)C(=O)N[C@H]1c1ccc(F)cc1. The predicted octanol–water partition coefficient (Wildman–Crippen LogP) is 3.91. The first-order valence-corrected chi connectivity index (χ1v) is 11.3. The van der Waals surface area contributed by atoms with Crippen molar-refractivity contribution in [2.75, 3.05) is 19.0 Å². The number of amides is 3. The van der Waals surface area contributed by atoms with Gasteiger partial charge in [-0.3, -0.25) is 9.48 Å². The Labute approximate surface area is 203 Å². The fraction of sp³-hybridized carbons (Fsp3) is 0.269. The van der Waals surface area contributed by atoms with Crippen LogP contribution in [0.1, 0.15) is 29.3 Å².